The predicted octanol–water partition coefficient (Wildman–Crippen LogP) is 0.391. The minimum atomic E-state index is -0.442. The molecule has 4 N–H and O–H groups in total. The van der Waals surface area contributed by atoms with Crippen LogP contribution in [-0.2, 0) is 4.79 Å². The molecule has 1 aliphatic carbocycles. The second-order valence-electron chi connectivity index (χ2n) is 4.68. The van der Waals surface area contributed by atoms with Crippen LogP contribution in [0.15, 0.2) is 0 Å². The number of carbonyl (C=O) groups excluding carboxylic acids is 1. The molecule has 4 nitrogen and oxygen atoms in total. The van der Waals surface area contributed by atoms with Gasteiger partial charge < -0.3 is 16.2 Å². The maximum Gasteiger partial charge on any atom is 0.227 e. The molecular formula is C11H22N2O2. The van der Waals surface area contributed by atoms with Gasteiger partial charge in [-0.1, -0.05) is 13.3 Å². The third kappa shape index (κ3) is 2.49. The number of hydrogen-bond donors (Lipinski definition) is 3. The first-order chi connectivity index (χ1) is 7.04. The van der Waals surface area contributed by atoms with Crippen molar-refractivity contribution in [3.8, 4) is 0 Å². The summed E-state index contributed by atoms with van der Waals surface area (Å²) in [6, 6.07) is -0.184. The van der Waals surface area contributed by atoms with Gasteiger partial charge in [0.2, 0.25) is 5.91 Å². The van der Waals surface area contributed by atoms with Crippen molar-refractivity contribution in [3.05, 3.63) is 0 Å². The second kappa shape index (κ2) is 4.94. The third-order valence-corrected chi connectivity index (χ3v) is 3.60. The lowest BCUT2D eigenvalue weighted by molar-refractivity contribution is -0.131. The SMILES string of the molecule is CCC(CO)NC(=O)C1(C)CCCC1N. The Labute approximate surface area is 91.2 Å². The van der Waals surface area contributed by atoms with Crippen molar-refractivity contribution in [3.63, 3.8) is 0 Å². The Hall–Kier alpha value is -0.610. The van der Waals surface area contributed by atoms with Gasteiger partial charge in [-0.25, -0.2) is 0 Å². The molecule has 0 aliphatic heterocycles. The molecule has 15 heavy (non-hydrogen) atoms. The van der Waals surface area contributed by atoms with E-state index in [1.54, 1.807) is 0 Å². The number of hydrogen-bond acceptors (Lipinski definition) is 3. The van der Waals surface area contributed by atoms with E-state index in [-0.39, 0.29) is 24.6 Å². The van der Waals surface area contributed by atoms with Gasteiger partial charge in [-0.3, -0.25) is 4.79 Å². The number of aliphatic hydroxyl groups is 1. The van der Waals surface area contributed by atoms with E-state index in [0.29, 0.717) is 0 Å². The van der Waals surface area contributed by atoms with Gasteiger partial charge in [-0.15, -0.1) is 0 Å². The number of amides is 1. The molecule has 1 fully saturated rings. The highest BCUT2D eigenvalue weighted by Gasteiger charge is 2.43. The molecule has 0 radical (unpaired) electrons. The quantitative estimate of drug-likeness (QED) is 0.633. The van der Waals surface area contributed by atoms with Crippen LogP contribution in [0.4, 0.5) is 0 Å². The van der Waals surface area contributed by atoms with E-state index in [1.807, 2.05) is 13.8 Å². The number of carbonyl (C=O) groups is 1. The summed E-state index contributed by atoms with van der Waals surface area (Å²) in [5.41, 5.74) is 5.51. The highest BCUT2D eigenvalue weighted by molar-refractivity contribution is 5.83. The van der Waals surface area contributed by atoms with Crippen molar-refractivity contribution < 1.29 is 9.90 Å². The fourth-order valence-electron chi connectivity index (χ4n) is 2.10. The van der Waals surface area contributed by atoms with E-state index in [4.69, 9.17) is 10.8 Å². The summed E-state index contributed by atoms with van der Waals surface area (Å²) < 4.78 is 0. The molecule has 0 aromatic rings. The van der Waals surface area contributed by atoms with Crippen molar-refractivity contribution in [1.82, 2.24) is 5.32 Å². The number of nitrogens with one attached hydrogen (secondary N) is 1. The lowest BCUT2D eigenvalue weighted by Gasteiger charge is -2.29. The fourth-order valence-corrected chi connectivity index (χ4v) is 2.10. The van der Waals surface area contributed by atoms with Gasteiger partial charge in [0.15, 0.2) is 0 Å². The lowest BCUT2D eigenvalue weighted by atomic mass is 9.84. The Morgan fingerprint density at radius 1 is 1.73 bits per heavy atom. The van der Waals surface area contributed by atoms with Crippen LogP contribution in [0, 0.1) is 5.41 Å². The van der Waals surface area contributed by atoms with Crippen LogP contribution in [0.5, 0.6) is 0 Å². The predicted molar refractivity (Wildman–Crippen MR) is 59.2 cm³/mol. The highest BCUT2D eigenvalue weighted by Crippen LogP contribution is 2.36. The third-order valence-electron chi connectivity index (χ3n) is 3.60. The van der Waals surface area contributed by atoms with E-state index >= 15 is 0 Å². The van der Waals surface area contributed by atoms with E-state index in [9.17, 15) is 4.79 Å². The second-order valence-corrected chi connectivity index (χ2v) is 4.68. The maximum atomic E-state index is 12.0. The smallest absolute Gasteiger partial charge is 0.227 e. The van der Waals surface area contributed by atoms with Gasteiger partial charge in [-0.05, 0) is 26.2 Å². The Morgan fingerprint density at radius 2 is 2.40 bits per heavy atom. The zero-order valence-electron chi connectivity index (χ0n) is 9.62. The minimum Gasteiger partial charge on any atom is -0.394 e. The summed E-state index contributed by atoms with van der Waals surface area (Å²) in [6.45, 7) is 3.86. The van der Waals surface area contributed by atoms with Crippen molar-refractivity contribution in [2.75, 3.05) is 6.61 Å². The first-order valence-electron chi connectivity index (χ1n) is 5.72. The fraction of sp³-hybridized carbons (Fsp3) is 0.909. The van der Waals surface area contributed by atoms with Crippen molar-refractivity contribution in [1.29, 1.82) is 0 Å². The summed E-state index contributed by atoms with van der Waals surface area (Å²) in [4.78, 5) is 12.0. The Bertz CT molecular complexity index is 229. The van der Waals surface area contributed by atoms with Gasteiger partial charge >= 0.3 is 0 Å². The highest BCUT2D eigenvalue weighted by atomic mass is 16.3. The molecule has 0 heterocycles. The van der Waals surface area contributed by atoms with E-state index in [0.717, 1.165) is 25.7 Å². The van der Waals surface area contributed by atoms with E-state index in [1.165, 1.54) is 0 Å². The number of aliphatic hydroxyl groups excluding tert-OH is 1. The van der Waals surface area contributed by atoms with Gasteiger partial charge in [0.05, 0.1) is 18.1 Å². The maximum absolute atomic E-state index is 12.0. The molecule has 4 heteroatoms. The molecule has 88 valence electrons. The lowest BCUT2D eigenvalue weighted by Crippen LogP contribution is -2.50. The van der Waals surface area contributed by atoms with Crippen molar-refractivity contribution >= 4 is 5.91 Å². The van der Waals surface area contributed by atoms with E-state index < -0.39 is 5.41 Å². The van der Waals surface area contributed by atoms with Crippen LogP contribution in [0.1, 0.15) is 39.5 Å². The largest absolute Gasteiger partial charge is 0.394 e. The Balaban J connectivity index is 2.59. The normalized spacial score (nSPS) is 32.7. The number of rotatable bonds is 4. The molecule has 3 atom stereocenters. The molecular weight excluding hydrogens is 192 g/mol. The van der Waals surface area contributed by atoms with E-state index in [2.05, 4.69) is 5.32 Å². The molecule has 1 aliphatic rings. The van der Waals surface area contributed by atoms with Crippen LogP contribution in [0.25, 0.3) is 0 Å². The minimum absolute atomic E-state index is 0.00611. The molecule has 1 rings (SSSR count). The van der Waals surface area contributed by atoms with Crippen LogP contribution in [0.2, 0.25) is 0 Å². The van der Waals surface area contributed by atoms with Gasteiger partial charge in [0, 0.05) is 6.04 Å². The summed E-state index contributed by atoms with van der Waals surface area (Å²) >= 11 is 0. The van der Waals surface area contributed by atoms with Gasteiger partial charge in [0.25, 0.3) is 0 Å². The van der Waals surface area contributed by atoms with Crippen molar-refractivity contribution in [2.24, 2.45) is 11.1 Å². The molecule has 1 amide bonds. The standard InChI is InChI=1S/C11H22N2O2/c1-3-8(7-14)13-10(15)11(2)6-4-5-9(11)12/h8-9,14H,3-7,12H2,1-2H3,(H,13,15). The monoisotopic (exact) mass is 214 g/mol. The van der Waals surface area contributed by atoms with Gasteiger partial charge in [-0.2, -0.15) is 0 Å². The topological polar surface area (TPSA) is 75.3 Å². The van der Waals surface area contributed by atoms with Crippen LogP contribution < -0.4 is 11.1 Å². The molecule has 0 spiro atoms. The molecule has 1 saturated carbocycles. The first kappa shape index (κ1) is 12.5. The van der Waals surface area contributed by atoms with Crippen LogP contribution in [-0.4, -0.2) is 29.7 Å². The average Bonchev–Trinajstić information content (AvgIpc) is 2.57. The van der Waals surface area contributed by atoms with Gasteiger partial charge in [0.1, 0.15) is 0 Å². The zero-order valence-corrected chi connectivity index (χ0v) is 9.62. The number of nitrogens with two attached hydrogens (primary N) is 1. The Kier molecular flexibility index (Phi) is 4.11. The van der Waals surface area contributed by atoms with Crippen LogP contribution >= 0.6 is 0 Å². The van der Waals surface area contributed by atoms with Crippen molar-refractivity contribution in [2.45, 2.75) is 51.6 Å². The Morgan fingerprint density at radius 3 is 2.80 bits per heavy atom. The first-order valence-corrected chi connectivity index (χ1v) is 5.72. The molecule has 0 aromatic carbocycles. The molecule has 0 saturated heterocycles. The summed E-state index contributed by atoms with van der Waals surface area (Å²) in [5, 5.41) is 11.9. The average molecular weight is 214 g/mol. The van der Waals surface area contributed by atoms with Crippen LogP contribution in [0.3, 0.4) is 0 Å². The summed E-state index contributed by atoms with van der Waals surface area (Å²) in [7, 11) is 0. The molecule has 0 aromatic heterocycles. The summed E-state index contributed by atoms with van der Waals surface area (Å²) in [6.07, 6.45) is 3.52. The molecule has 0 bridgehead atoms. The summed E-state index contributed by atoms with van der Waals surface area (Å²) in [5.74, 6) is -0.00611. The molecule has 3 unspecified atom stereocenters. The zero-order chi connectivity index (χ0) is 11.5.